The van der Waals surface area contributed by atoms with E-state index in [1.807, 2.05) is 4.68 Å². The summed E-state index contributed by atoms with van der Waals surface area (Å²) in [6, 6.07) is 8.80. The second-order valence-corrected chi connectivity index (χ2v) is 8.93. The second-order valence-electron chi connectivity index (χ2n) is 8.93. The average Bonchev–Trinajstić information content (AvgIpc) is 3.07. The summed E-state index contributed by atoms with van der Waals surface area (Å²) in [7, 11) is 0. The zero-order chi connectivity index (χ0) is 20.3. The molecule has 0 bridgehead atoms. The molecule has 7 heteroatoms. The Morgan fingerprint density at radius 2 is 1.79 bits per heavy atom. The molecule has 1 fully saturated rings. The quantitative estimate of drug-likeness (QED) is 0.768. The summed E-state index contributed by atoms with van der Waals surface area (Å²) in [5.41, 5.74) is 9.58. The van der Waals surface area contributed by atoms with Gasteiger partial charge >= 0.3 is 0 Å². The largest absolute Gasteiger partial charge is 0.348 e. The number of halogens is 1. The molecule has 1 saturated carbocycles. The van der Waals surface area contributed by atoms with Crippen LogP contribution >= 0.6 is 12.4 Å². The standard InChI is InChI=1S/C22H33N5O.ClH/c1-5-6-19-20(21(28)24-17-11-9-16(23)10-12-17)25-26-27(19)18-13-7-15(8-14-18)22(2,3)4;/h7-8,13-14,16-17H,5-6,9-12,23H2,1-4H3,(H,24,28);1H. The Morgan fingerprint density at radius 3 is 2.34 bits per heavy atom. The van der Waals surface area contributed by atoms with Crippen molar-refractivity contribution in [2.24, 2.45) is 5.73 Å². The van der Waals surface area contributed by atoms with Crippen LogP contribution in [-0.2, 0) is 11.8 Å². The highest BCUT2D eigenvalue weighted by atomic mass is 35.5. The zero-order valence-corrected chi connectivity index (χ0v) is 18.8. The van der Waals surface area contributed by atoms with E-state index in [-0.39, 0.29) is 35.8 Å². The summed E-state index contributed by atoms with van der Waals surface area (Å²) in [5.74, 6) is -0.124. The fourth-order valence-electron chi connectivity index (χ4n) is 3.77. The summed E-state index contributed by atoms with van der Waals surface area (Å²) >= 11 is 0. The molecule has 1 amide bonds. The van der Waals surface area contributed by atoms with Crippen LogP contribution in [0.15, 0.2) is 24.3 Å². The number of hydrogen-bond acceptors (Lipinski definition) is 4. The van der Waals surface area contributed by atoms with Gasteiger partial charge in [0.05, 0.1) is 11.4 Å². The maximum absolute atomic E-state index is 12.9. The van der Waals surface area contributed by atoms with Gasteiger partial charge in [-0.3, -0.25) is 4.79 Å². The normalized spacial score (nSPS) is 19.5. The number of carbonyl (C=O) groups is 1. The van der Waals surface area contributed by atoms with Crippen LogP contribution in [0.2, 0.25) is 0 Å². The second kappa shape index (κ2) is 9.72. The lowest BCUT2D eigenvalue weighted by Gasteiger charge is -2.26. The van der Waals surface area contributed by atoms with E-state index in [2.05, 4.69) is 67.6 Å². The first-order valence-electron chi connectivity index (χ1n) is 10.4. The molecule has 1 aromatic heterocycles. The van der Waals surface area contributed by atoms with Crippen molar-refractivity contribution in [3.8, 4) is 5.69 Å². The van der Waals surface area contributed by atoms with Crippen LogP contribution in [0.4, 0.5) is 0 Å². The van der Waals surface area contributed by atoms with Gasteiger partial charge in [0, 0.05) is 12.1 Å². The first kappa shape index (κ1) is 23.4. The van der Waals surface area contributed by atoms with Crippen LogP contribution in [0.3, 0.4) is 0 Å². The number of nitrogens with one attached hydrogen (secondary N) is 1. The zero-order valence-electron chi connectivity index (χ0n) is 17.9. The molecule has 2 aromatic rings. The lowest BCUT2D eigenvalue weighted by molar-refractivity contribution is 0.0919. The molecule has 1 aliphatic rings. The number of aromatic nitrogens is 3. The molecular weight excluding hydrogens is 386 g/mol. The van der Waals surface area contributed by atoms with E-state index in [1.165, 1.54) is 5.56 Å². The Labute approximate surface area is 180 Å². The van der Waals surface area contributed by atoms with E-state index >= 15 is 0 Å². The molecule has 0 atom stereocenters. The van der Waals surface area contributed by atoms with Crippen molar-refractivity contribution in [2.75, 3.05) is 0 Å². The Kier molecular flexibility index (Phi) is 7.83. The number of nitrogens with zero attached hydrogens (tertiary/aromatic N) is 3. The predicted molar refractivity (Wildman–Crippen MR) is 119 cm³/mol. The summed E-state index contributed by atoms with van der Waals surface area (Å²) in [5, 5.41) is 11.7. The van der Waals surface area contributed by atoms with E-state index < -0.39 is 0 Å². The van der Waals surface area contributed by atoms with Gasteiger partial charge in [-0.05, 0) is 55.2 Å². The van der Waals surface area contributed by atoms with Crippen molar-refractivity contribution in [1.82, 2.24) is 20.3 Å². The van der Waals surface area contributed by atoms with Gasteiger partial charge in [0.1, 0.15) is 0 Å². The smallest absolute Gasteiger partial charge is 0.273 e. The van der Waals surface area contributed by atoms with Crippen LogP contribution in [-0.4, -0.2) is 33.0 Å². The lowest BCUT2D eigenvalue weighted by atomic mass is 9.87. The summed E-state index contributed by atoms with van der Waals surface area (Å²) in [6.45, 7) is 8.69. The predicted octanol–water partition coefficient (Wildman–Crippen LogP) is 3.94. The van der Waals surface area contributed by atoms with E-state index in [4.69, 9.17) is 5.73 Å². The monoisotopic (exact) mass is 419 g/mol. The Balaban J connectivity index is 0.00000300. The molecule has 3 rings (SSSR count). The summed E-state index contributed by atoms with van der Waals surface area (Å²) in [6.07, 6.45) is 5.45. The van der Waals surface area contributed by atoms with Gasteiger partial charge < -0.3 is 11.1 Å². The molecule has 0 aliphatic heterocycles. The lowest BCUT2D eigenvalue weighted by Crippen LogP contribution is -2.40. The van der Waals surface area contributed by atoms with Gasteiger partial charge in [-0.2, -0.15) is 0 Å². The van der Waals surface area contributed by atoms with E-state index in [1.54, 1.807) is 0 Å². The molecule has 29 heavy (non-hydrogen) atoms. The fourth-order valence-corrected chi connectivity index (χ4v) is 3.77. The first-order chi connectivity index (χ1) is 13.3. The van der Waals surface area contributed by atoms with Gasteiger partial charge in [-0.25, -0.2) is 4.68 Å². The molecule has 0 saturated heterocycles. The van der Waals surface area contributed by atoms with Crippen molar-refractivity contribution in [2.45, 2.75) is 83.7 Å². The van der Waals surface area contributed by atoms with Crippen LogP contribution in [0.1, 0.15) is 81.5 Å². The van der Waals surface area contributed by atoms with Crippen molar-refractivity contribution >= 4 is 18.3 Å². The van der Waals surface area contributed by atoms with Gasteiger partial charge in [0.15, 0.2) is 5.69 Å². The van der Waals surface area contributed by atoms with Crippen LogP contribution in [0, 0.1) is 0 Å². The molecule has 0 radical (unpaired) electrons. The highest BCUT2D eigenvalue weighted by Gasteiger charge is 2.25. The van der Waals surface area contributed by atoms with Crippen LogP contribution < -0.4 is 11.1 Å². The number of rotatable bonds is 5. The van der Waals surface area contributed by atoms with Gasteiger partial charge in [-0.1, -0.05) is 51.5 Å². The maximum Gasteiger partial charge on any atom is 0.273 e. The van der Waals surface area contributed by atoms with Gasteiger partial charge in [0.2, 0.25) is 0 Å². The minimum absolute atomic E-state index is 0. The molecular formula is C22H34ClN5O. The molecule has 6 nitrogen and oxygen atoms in total. The molecule has 1 heterocycles. The number of benzene rings is 1. The molecule has 3 N–H and O–H groups in total. The van der Waals surface area contributed by atoms with Crippen LogP contribution in [0.25, 0.3) is 5.69 Å². The highest BCUT2D eigenvalue weighted by molar-refractivity contribution is 5.93. The summed E-state index contributed by atoms with van der Waals surface area (Å²) < 4.78 is 1.81. The third-order valence-corrected chi connectivity index (χ3v) is 5.55. The average molecular weight is 420 g/mol. The van der Waals surface area contributed by atoms with Crippen molar-refractivity contribution in [1.29, 1.82) is 0 Å². The Bertz CT molecular complexity index is 802. The number of hydrogen-bond donors (Lipinski definition) is 2. The van der Waals surface area contributed by atoms with Crippen LogP contribution in [0.5, 0.6) is 0 Å². The molecule has 0 spiro atoms. The minimum Gasteiger partial charge on any atom is -0.348 e. The van der Waals surface area contributed by atoms with Gasteiger partial charge in [-0.15, -0.1) is 17.5 Å². The van der Waals surface area contributed by atoms with Crippen molar-refractivity contribution in [3.05, 3.63) is 41.2 Å². The Morgan fingerprint density at radius 1 is 1.17 bits per heavy atom. The first-order valence-corrected chi connectivity index (χ1v) is 10.4. The van der Waals surface area contributed by atoms with Crippen molar-refractivity contribution in [3.63, 3.8) is 0 Å². The summed E-state index contributed by atoms with van der Waals surface area (Å²) in [4.78, 5) is 12.9. The molecule has 160 valence electrons. The van der Waals surface area contributed by atoms with E-state index in [0.29, 0.717) is 5.69 Å². The minimum atomic E-state index is -0.124. The molecule has 1 aliphatic carbocycles. The highest BCUT2D eigenvalue weighted by Crippen LogP contribution is 2.24. The number of amides is 1. The molecule has 1 aromatic carbocycles. The number of carbonyl (C=O) groups excluding carboxylic acids is 1. The molecule has 0 unspecified atom stereocenters. The van der Waals surface area contributed by atoms with E-state index in [0.717, 1.165) is 49.9 Å². The third kappa shape index (κ3) is 5.58. The maximum atomic E-state index is 12.9. The fraction of sp³-hybridized carbons (Fsp3) is 0.591. The SMILES string of the molecule is CCCc1c(C(=O)NC2CCC(N)CC2)nnn1-c1ccc(C(C)(C)C)cc1.Cl. The van der Waals surface area contributed by atoms with Crippen molar-refractivity contribution < 1.29 is 4.79 Å². The Hall–Kier alpha value is -1.92. The van der Waals surface area contributed by atoms with Gasteiger partial charge in [0.25, 0.3) is 5.91 Å². The number of nitrogens with two attached hydrogens (primary N) is 1. The third-order valence-electron chi connectivity index (χ3n) is 5.55. The van der Waals surface area contributed by atoms with E-state index in [9.17, 15) is 4.79 Å². The topological polar surface area (TPSA) is 85.8 Å².